The molecule has 0 aliphatic rings. The Morgan fingerprint density at radius 1 is 1.20 bits per heavy atom. The maximum absolute atomic E-state index is 11.4. The van der Waals surface area contributed by atoms with Crippen LogP contribution in [0.3, 0.4) is 0 Å². The molecule has 3 heteroatoms. The van der Waals surface area contributed by atoms with Gasteiger partial charge in [0.1, 0.15) is 0 Å². The van der Waals surface area contributed by atoms with Crippen LogP contribution in [0.4, 0.5) is 0 Å². The molecule has 0 bridgehead atoms. The molecule has 0 heterocycles. The molecule has 0 spiro atoms. The minimum atomic E-state index is -0.729. The van der Waals surface area contributed by atoms with Crippen molar-refractivity contribution in [2.45, 2.75) is 51.8 Å². The zero-order valence-corrected chi connectivity index (χ0v) is 14.3. The van der Waals surface area contributed by atoms with Crippen LogP contribution in [0, 0.1) is 5.41 Å². The van der Waals surface area contributed by atoms with E-state index in [-0.39, 0.29) is 10.7 Å². The Bertz CT molecular complexity index is 411. The van der Waals surface area contributed by atoms with Crippen molar-refractivity contribution in [3.8, 4) is 0 Å². The Kier molecular flexibility index (Phi) is 6.90. The van der Waals surface area contributed by atoms with Gasteiger partial charge in [-0.15, -0.1) is 0 Å². The second-order valence-corrected chi connectivity index (χ2v) is 8.58. The predicted molar refractivity (Wildman–Crippen MR) is 89.4 cm³/mol. The number of hydrogen-bond acceptors (Lipinski definition) is 2. The third-order valence-electron chi connectivity index (χ3n) is 3.53. The molecule has 3 unspecified atom stereocenters. The van der Waals surface area contributed by atoms with E-state index in [1.165, 1.54) is 5.56 Å². The van der Waals surface area contributed by atoms with Gasteiger partial charge in [-0.3, -0.25) is 4.21 Å². The molecule has 0 saturated carbocycles. The lowest BCUT2D eigenvalue weighted by Crippen LogP contribution is -2.28. The number of hydrogen-bond donors (Lipinski definition) is 1. The summed E-state index contributed by atoms with van der Waals surface area (Å²) in [5.41, 5.74) is 1.62. The fraction of sp³-hybridized carbons (Fsp3) is 0.647. The van der Waals surface area contributed by atoms with E-state index in [9.17, 15) is 4.21 Å². The zero-order chi connectivity index (χ0) is 15.2. The molecule has 0 amide bonds. The lowest BCUT2D eigenvalue weighted by molar-refractivity contribution is 0.311. The summed E-state index contributed by atoms with van der Waals surface area (Å²) in [4.78, 5) is 0. The molecule has 0 fully saturated rings. The SMILES string of the molecule is CC(CCNC(CC(C)(C)C)c1ccccc1)S(C)=O. The van der Waals surface area contributed by atoms with Crippen LogP contribution in [0.15, 0.2) is 30.3 Å². The lowest BCUT2D eigenvalue weighted by atomic mass is 9.85. The van der Waals surface area contributed by atoms with Gasteiger partial charge in [0.25, 0.3) is 0 Å². The van der Waals surface area contributed by atoms with Crippen LogP contribution in [0.25, 0.3) is 0 Å². The molecule has 1 aromatic carbocycles. The highest BCUT2D eigenvalue weighted by Gasteiger charge is 2.20. The van der Waals surface area contributed by atoms with Crippen molar-refractivity contribution >= 4 is 10.8 Å². The number of rotatable bonds is 7. The lowest BCUT2D eigenvalue weighted by Gasteiger charge is -2.27. The molecule has 3 atom stereocenters. The van der Waals surface area contributed by atoms with Crippen molar-refractivity contribution in [1.82, 2.24) is 5.32 Å². The molecule has 114 valence electrons. The van der Waals surface area contributed by atoms with Gasteiger partial charge >= 0.3 is 0 Å². The first-order chi connectivity index (χ1) is 9.29. The monoisotopic (exact) mass is 295 g/mol. The Morgan fingerprint density at radius 2 is 1.80 bits per heavy atom. The van der Waals surface area contributed by atoms with Gasteiger partial charge in [0.05, 0.1) is 0 Å². The average Bonchev–Trinajstić information content (AvgIpc) is 2.37. The van der Waals surface area contributed by atoms with Crippen molar-refractivity contribution < 1.29 is 4.21 Å². The third-order valence-corrected chi connectivity index (χ3v) is 4.90. The highest BCUT2D eigenvalue weighted by Crippen LogP contribution is 2.29. The molecule has 0 saturated heterocycles. The molecule has 0 aliphatic carbocycles. The third kappa shape index (κ3) is 6.67. The fourth-order valence-corrected chi connectivity index (χ4v) is 2.68. The van der Waals surface area contributed by atoms with Crippen molar-refractivity contribution in [2.24, 2.45) is 5.41 Å². The minimum Gasteiger partial charge on any atom is -0.310 e. The maximum Gasteiger partial charge on any atom is 0.0329 e. The number of benzene rings is 1. The van der Waals surface area contributed by atoms with E-state index in [1.807, 2.05) is 0 Å². The topological polar surface area (TPSA) is 29.1 Å². The minimum absolute atomic E-state index is 0.258. The average molecular weight is 295 g/mol. The Balaban J connectivity index is 2.62. The van der Waals surface area contributed by atoms with Gasteiger partial charge in [0.15, 0.2) is 0 Å². The predicted octanol–water partition coefficient (Wildman–Crippen LogP) is 3.91. The summed E-state index contributed by atoms with van der Waals surface area (Å²) < 4.78 is 11.4. The van der Waals surface area contributed by atoms with E-state index in [4.69, 9.17) is 0 Å². The molecule has 1 aromatic rings. The second-order valence-electron chi connectivity index (χ2n) is 6.78. The van der Waals surface area contributed by atoms with Crippen LogP contribution >= 0.6 is 0 Å². The smallest absolute Gasteiger partial charge is 0.0329 e. The quantitative estimate of drug-likeness (QED) is 0.826. The van der Waals surface area contributed by atoms with Gasteiger partial charge in [0, 0.05) is 28.3 Å². The molecule has 2 nitrogen and oxygen atoms in total. The molecule has 0 aromatic heterocycles. The summed E-state index contributed by atoms with van der Waals surface area (Å²) in [5.74, 6) is 0. The van der Waals surface area contributed by atoms with Crippen molar-refractivity contribution in [3.05, 3.63) is 35.9 Å². The van der Waals surface area contributed by atoms with E-state index in [2.05, 4.69) is 63.3 Å². The van der Waals surface area contributed by atoms with Crippen LogP contribution < -0.4 is 5.32 Å². The molecular formula is C17H29NOS. The Labute approximate surface area is 126 Å². The zero-order valence-electron chi connectivity index (χ0n) is 13.5. The summed E-state index contributed by atoms with van der Waals surface area (Å²) in [5, 5.41) is 3.90. The van der Waals surface area contributed by atoms with Gasteiger partial charge in [-0.1, -0.05) is 58.0 Å². The second kappa shape index (κ2) is 7.94. The van der Waals surface area contributed by atoms with Crippen LogP contribution in [0.1, 0.15) is 52.1 Å². The standard InChI is InChI=1S/C17H29NOS/c1-14(20(5)19)11-12-18-16(13-17(2,3)4)15-9-7-6-8-10-15/h6-10,14,16,18H,11-13H2,1-5H3. The highest BCUT2D eigenvalue weighted by atomic mass is 32.2. The van der Waals surface area contributed by atoms with Gasteiger partial charge in [-0.05, 0) is 30.4 Å². The first kappa shape index (κ1) is 17.4. The Hall–Kier alpha value is -0.670. The summed E-state index contributed by atoms with van der Waals surface area (Å²) >= 11 is 0. The van der Waals surface area contributed by atoms with E-state index in [0.717, 1.165) is 19.4 Å². The van der Waals surface area contributed by atoms with Crippen LogP contribution in [-0.4, -0.2) is 22.3 Å². The molecule has 1 rings (SSSR count). The van der Waals surface area contributed by atoms with Crippen molar-refractivity contribution in [1.29, 1.82) is 0 Å². The first-order valence-electron chi connectivity index (χ1n) is 7.40. The van der Waals surface area contributed by atoms with Crippen LogP contribution in [0.5, 0.6) is 0 Å². The summed E-state index contributed by atoms with van der Waals surface area (Å²) in [6, 6.07) is 11.0. The molecule has 0 aliphatic heterocycles. The van der Waals surface area contributed by atoms with E-state index in [0.29, 0.717) is 6.04 Å². The Morgan fingerprint density at radius 3 is 2.30 bits per heavy atom. The van der Waals surface area contributed by atoms with Gasteiger partial charge in [-0.25, -0.2) is 0 Å². The summed E-state index contributed by atoms with van der Waals surface area (Å²) in [7, 11) is -0.729. The summed E-state index contributed by atoms with van der Waals surface area (Å²) in [6.45, 7) is 9.78. The van der Waals surface area contributed by atoms with Gasteiger partial charge < -0.3 is 5.32 Å². The van der Waals surface area contributed by atoms with Crippen molar-refractivity contribution in [3.63, 3.8) is 0 Å². The molecule has 0 radical (unpaired) electrons. The summed E-state index contributed by atoms with van der Waals surface area (Å²) in [6.07, 6.45) is 3.84. The van der Waals surface area contributed by atoms with E-state index >= 15 is 0 Å². The van der Waals surface area contributed by atoms with Crippen LogP contribution in [0.2, 0.25) is 0 Å². The van der Waals surface area contributed by atoms with Crippen molar-refractivity contribution in [2.75, 3.05) is 12.8 Å². The van der Waals surface area contributed by atoms with Gasteiger partial charge in [0.2, 0.25) is 0 Å². The normalized spacial score (nSPS) is 16.6. The molecular weight excluding hydrogens is 266 g/mol. The van der Waals surface area contributed by atoms with Gasteiger partial charge in [-0.2, -0.15) is 0 Å². The van der Waals surface area contributed by atoms with E-state index in [1.54, 1.807) is 6.26 Å². The molecule has 1 N–H and O–H groups in total. The molecule has 20 heavy (non-hydrogen) atoms. The van der Waals surface area contributed by atoms with Crippen LogP contribution in [-0.2, 0) is 10.8 Å². The number of nitrogens with one attached hydrogen (secondary N) is 1. The highest BCUT2D eigenvalue weighted by molar-refractivity contribution is 7.84. The largest absolute Gasteiger partial charge is 0.310 e. The van der Waals surface area contributed by atoms with E-state index < -0.39 is 10.8 Å². The maximum atomic E-state index is 11.4. The fourth-order valence-electron chi connectivity index (χ4n) is 2.23. The first-order valence-corrected chi connectivity index (χ1v) is 9.02.